The van der Waals surface area contributed by atoms with Gasteiger partial charge in [-0.15, -0.1) is 0 Å². The number of esters is 1. The number of aryl methyl sites for hydroxylation is 1. The second-order valence-corrected chi connectivity index (χ2v) is 6.36. The van der Waals surface area contributed by atoms with Crippen LogP contribution in [0, 0.1) is 13.8 Å². The lowest BCUT2D eigenvalue weighted by atomic mass is 10.2. The first-order valence-corrected chi connectivity index (χ1v) is 9.18. The number of hydrogen-bond donors (Lipinski definition) is 0. The van der Waals surface area contributed by atoms with Crippen molar-refractivity contribution < 1.29 is 14.3 Å². The minimum Gasteiger partial charge on any atom is -0.494 e. The summed E-state index contributed by atoms with van der Waals surface area (Å²) in [6.45, 7) is 6.73. The average Bonchev–Trinajstić information content (AvgIpc) is 3.00. The molecule has 0 fully saturated rings. The first-order chi connectivity index (χ1) is 13.5. The Morgan fingerprint density at radius 2 is 1.82 bits per heavy atom. The van der Waals surface area contributed by atoms with Crippen LogP contribution < -0.4 is 4.74 Å². The van der Waals surface area contributed by atoms with Gasteiger partial charge in [-0.05, 0) is 63.2 Å². The largest absolute Gasteiger partial charge is 0.494 e. The number of aromatic nitrogens is 1. The minimum absolute atomic E-state index is 0.396. The molecule has 0 aliphatic carbocycles. The van der Waals surface area contributed by atoms with Gasteiger partial charge in [0.1, 0.15) is 5.75 Å². The van der Waals surface area contributed by atoms with E-state index in [-0.39, 0.29) is 0 Å². The smallest absolute Gasteiger partial charge is 0.340 e. The number of rotatable bonds is 6. The van der Waals surface area contributed by atoms with E-state index in [0.717, 1.165) is 28.4 Å². The van der Waals surface area contributed by atoms with Gasteiger partial charge in [0.2, 0.25) is 0 Å². The van der Waals surface area contributed by atoms with Crippen molar-refractivity contribution in [3.63, 3.8) is 0 Å². The highest BCUT2D eigenvalue weighted by Gasteiger charge is 2.12. The Morgan fingerprint density at radius 3 is 2.50 bits per heavy atom. The summed E-state index contributed by atoms with van der Waals surface area (Å²) >= 11 is 0. The summed E-state index contributed by atoms with van der Waals surface area (Å²) in [7, 11) is 1.37. The number of ether oxygens (including phenoxy) is 2. The molecule has 0 saturated heterocycles. The zero-order valence-corrected chi connectivity index (χ0v) is 16.6. The number of benzene rings is 2. The van der Waals surface area contributed by atoms with Crippen molar-refractivity contribution in [1.82, 2.24) is 4.57 Å². The van der Waals surface area contributed by atoms with Gasteiger partial charge in [-0.1, -0.05) is 12.1 Å². The van der Waals surface area contributed by atoms with Crippen LogP contribution in [-0.2, 0) is 4.74 Å². The molecule has 0 aliphatic heterocycles. The molecular weight excluding hydrogens is 352 g/mol. The van der Waals surface area contributed by atoms with E-state index in [2.05, 4.69) is 29.5 Å². The van der Waals surface area contributed by atoms with E-state index in [1.807, 2.05) is 37.3 Å². The lowest BCUT2D eigenvalue weighted by molar-refractivity contribution is 0.0601. The van der Waals surface area contributed by atoms with Crippen molar-refractivity contribution in [2.75, 3.05) is 13.7 Å². The van der Waals surface area contributed by atoms with Crippen LogP contribution in [0.5, 0.6) is 5.75 Å². The van der Waals surface area contributed by atoms with E-state index >= 15 is 0 Å². The Bertz CT molecular complexity index is 1000. The topological polar surface area (TPSA) is 52.8 Å². The van der Waals surface area contributed by atoms with Gasteiger partial charge in [0.25, 0.3) is 0 Å². The van der Waals surface area contributed by atoms with E-state index in [9.17, 15) is 4.79 Å². The average molecular weight is 376 g/mol. The van der Waals surface area contributed by atoms with Crippen LogP contribution in [0.2, 0.25) is 0 Å². The molecule has 1 heterocycles. The second-order valence-electron chi connectivity index (χ2n) is 6.36. The molecule has 0 spiro atoms. The number of nitrogens with zero attached hydrogens (tertiary/aromatic N) is 2. The fraction of sp³-hybridized carbons (Fsp3) is 0.217. The molecule has 0 aliphatic rings. The van der Waals surface area contributed by atoms with Gasteiger partial charge in [0.05, 0.1) is 25.0 Å². The van der Waals surface area contributed by atoms with Gasteiger partial charge >= 0.3 is 5.97 Å². The van der Waals surface area contributed by atoms with E-state index in [1.54, 1.807) is 24.4 Å². The van der Waals surface area contributed by atoms with Crippen LogP contribution in [0.3, 0.4) is 0 Å². The molecule has 3 rings (SSSR count). The molecule has 0 amide bonds. The van der Waals surface area contributed by atoms with Crippen molar-refractivity contribution in [3.05, 3.63) is 77.1 Å². The fourth-order valence-corrected chi connectivity index (χ4v) is 3.18. The highest BCUT2D eigenvalue weighted by Crippen LogP contribution is 2.24. The molecule has 0 unspecified atom stereocenters. The van der Waals surface area contributed by atoms with E-state index < -0.39 is 5.97 Å². The first kappa shape index (κ1) is 19.4. The third kappa shape index (κ3) is 3.98. The second kappa shape index (κ2) is 8.57. The Labute approximate surface area is 165 Å². The Kier molecular flexibility index (Phi) is 5.94. The van der Waals surface area contributed by atoms with Gasteiger partial charge in [0, 0.05) is 28.9 Å². The maximum absolute atomic E-state index is 11.9. The number of methoxy groups -OCH3 is 1. The molecule has 144 valence electrons. The maximum atomic E-state index is 11.9. The molecule has 0 atom stereocenters. The summed E-state index contributed by atoms with van der Waals surface area (Å²) in [5.74, 6) is 0.461. The highest BCUT2D eigenvalue weighted by molar-refractivity contribution is 5.96. The van der Waals surface area contributed by atoms with Crippen LogP contribution in [0.25, 0.3) is 5.69 Å². The molecule has 28 heavy (non-hydrogen) atoms. The minimum atomic E-state index is -0.396. The Hall–Kier alpha value is -3.34. The molecule has 0 bridgehead atoms. The predicted molar refractivity (Wildman–Crippen MR) is 111 cm³/mol. The normalized spacial score (nSPS) is 11.0. The summed E-state index contributed by atoms with van der Waals surface area (Å²) < 4.78 is 12.5. The monoisotopic (exact) mass is 376 g/mol. The van der Waals surface area contributed by atoms with Crippen LogP contribution >= 0.6 is 0 Å². The quantitative estimate of drug-likeness (QED) is 0.448. The lowest BCUT2D eigenvalue weighted by Gasteiger charge is -2.11. The van der Waals surface area contributed by atoms with E-state index in [0.29, 0.717) is 17.9 Å². The molecule has 1 aromatic heterocycles. The molecule has 0 N–H and O–H groups in total. The summed E-state index contributed by atoms with van der Waals surface area (Å²) in [5.41, 5.74) is 5.26. The van der Waals surface area contributed by atoms with Gasteiger partial charge in [-0.25, -0.2) is 4.79 Å². The summed E-state index contributed by atoms with van der Waals surface area (Å²) in [6, 6.07) is 17.3. The molecule has 3 aromatic rings. The van der Waals surface area contributed by atoms with Crippen molar-refractivity contribution >= 4 is 17.9 Å². The van der Waals surface area contributed by atoms with E-state index in [1.165, 1.54) is 7.11 Å². The molecule has 5 heteroatoms. The zero-order chi connectivity index (χ0) is 20.1. The van der Waals surface area contributed by atoms with Crippen molar-refractivity contribution in [3.8, 4) is 11.4 Å². The van der Waals surface area contributed by atoms with E-state index in [4.69, 9.17) is 9.47 Å². The third-order valence-corrected chi connectivity index (χ3v) is 4.53. The predicted octanol–water partition coefficient (Wildman–Crippen LogP) is 5.03. The van der Waals surface area contributed by atoms with Gasteiger partial charge in [-0.3, -0.25) is 4.99 Å². The zero-order valence-electron chi connectivity index (χ0n) is 16.6. The summed E-state index contributed by atoms with van der Waals surface area (Å²) in [5, 5.41) is 0. The van der Waals surface area contributed by atoms with Crippen LogP contribution in [-0.4, -0.2) is 30.5 Å². The molecule has 5 nitrogen and oxygen atoms in total. The maximum Gasteiger partial charge on any atom is 0.340 e. The molecule has 0 radical (unpaired) electrons. The standard InChI is InChI=1S/C23H24N2O3/c1-5-28-20-12-10-19(11-13-20)25-16(2)14-18(17(25)3)15-24-22-9-7-6-8-21(22)23(26)27-4/h6-15H,5H2,1-4H3. The van der Waals surface area contributed by atoms with Crippen molar-refractivity contribution in [2.24, 2.45) is 4.99 Å². The first-order valence-electron chi connectivity index (χ1n) is 9.18. The number of hydrogen-bond acceptors (Lipinski definition) is 4. The number of para-hydroxylation sites is 1. The molecule has 0 saturated carbocycles. The van der Waals surface area contributed by atoms with Gasteiger partial charge in [0.15, 0.2) is 0 Å². The summed E-state index contributed by atoms with van der Waals surface area (Å²) in [4.78, 5) is 16.5. The van der Waals surface area contributed by atoms with Crippen molar-refractivity contribution in [1.29, 1.82) is 0 Å². The van der Waals surface area contributed by atoms with Crippen LogP contribution in [0.1, 0.15) is 34.2 Å². The SMILES string of the molecule is CCOc1ccc(-n2c(C)cc(C=Nc3ccccc3C(=O)OC)c2C)cc1. The Morgan fingerprint density at radius 1 is 1.11 bits per heavy atom. The number of carbonyl (C=O) groups is 1. The fourth-order valence-electron chi connectivity index (χ4n) is 3.18. The highest BCUT2D eigenvalue weighted by atomic mass is 16.5. The summed E-state index contributed by atoms with van der Waals surface area (Å²) in [6.07, 6.45) is 1.79. The number of carbonyl (C=O) groups excluding carboxylic acids is 1. The van der Waals surface area contributed by atoms with Gasteiger partial charge in [-0.2, -0.15) is 0 Å². The van der Waals surface area contributed by atoms with Crippen LogP contribution in [0.4, 0.5) is 5.69 Å². The lowest BCUT2D eigenvalue weighted by Crippen LogP contribution is -2.01. The number of aliphatic imine (C=N–C) groups is 1. The third-order valence-electron chi connectivity index (χ3n) is 4.53. The molecular formula is C23H24N2O3. The molecule has 2 aromatic carbocycles. The van der Waals surface area contributed by atoms with Crippen molar-refractivity contribution in [2.45, 2.75) is 20.8 Å². The van der Waals surface area contributed by atoms with Gasteiger partial charge < -0.3 is 14.0 Å². The van der Waals surface area contributed by atoms with Crippen LogP contribution in [0.15, 0.2) is 59.6 Å². The Balaban J connectivity index is 1.93.